The van der Waals surface area contributed by atoms with E-state index in [2.05, 4.69) is 5.32 Å². The molecule has 0 radical (unpaired) electrons. The molecule has 0 saturated heterocycles. The van der Waals surface area contributed by atoms with Gasteiger partial charge >= 0.3 is 0 Å². The molecule has 0 unspecified atom stereocenters. The van der Waals surface area contributed by atoms with E-state index >= 15 is 0 Å². The first kappa shape index (κ1) is 8.43. The number of amides is 1. The number of nitrogens with one attached hydrogen (secondary N) is 1. The predicted molar refractivity (Wildman–Crippen MR) is 34.7 cm³/mol. The third-order valence-corrected chi connectivity index (χ3v) is 0.870. The Morgan fingerprint density at radius 1 is 1.67 bits per heavy atom. The van der Waals surface area contributed by atoms with Crippen LogP contribution in [-0.2, 0) is 4.79 Å². The Labute approximate surface area is 55.1 Å². The zero-order valence-corrected chi connectivity index (χ0v) is 5.85. The molecule has 0 spiro atoms. The summed E-state index contributed by atoms with van der Waals surface area (Å²) >= 11 is 0. The summed E-state index contributed by atoms with van der Waals surface area (Å²) in [4.78, 5) is 10.6. The molecular weight excluding hydrogens is 118 g/mol. The van der Waals surface area contributed by atoms with Gasteiger partial charge in [0, 0.05) is 6.42 Å². The van der Waals surface area contributed by atoms with Gasteiger partial charge in [0.25, 0.3) is 0 Å². The van der Waals surface area contributed by atoms with Gasteiger partial charge in [-0.25, -0.2) is 0 Å². The van der Waals surface area contributed by atoms with Crippen LogP contribution in [-0.4, -0.2) is 17.7 Å². The Kier molecular flexibility index (Phi) is 4.05. The molecule has 0 aliphatic rings. The van der Waals surface area contributed by atoms with Crippen molar-refractivity contribution in [2.24, 2.45) is 5.92 Å². The average Bonchev–Trinajstić information content (AvgIpc) is 1.63. The molecular formula is C6H13NO2. The van der Waals surface area contributed by atoms with E-state index in [9.17, 15) is 4.79 Å². The maximum absolute atomic E-state index is 10.6. The zero-order valence-electron chi connectivity index (χ0n) is 5.85. The molecule has 2 N–H and O–H groups in total. The second kappa shape index (κ2) is 4.32. The van der Waals surface area contributed by atoms with Crippen molar-refractivity contribution in [3.63, 3.8) is 0 Å². The second-order valence-corrected chi connectivity index (χ2v) is 2.36. The highest BCUT2D eigenvalue weighted by molar-refractivity contribution is 5.75. The highest BCUT2D eigenvalue weighted by Crippen LogP contribution is 1.96. The van der Waals surface area contributed by atoms with Gasteiger partial charge < -0.3 is 10.4 Å². The van der Waals surface area contributed by atoms with E-state index in [-0.39, 0.29) is 12.6 Å². The Hall–Kier alpha value is -0.570. The highest BCUT2D eigenvalue weighted by atomic mass is 16.3. The number of hydrogen-bond donors (Lipinski definition) is 2. The number of aliphatic hydroxyl groups excluding tert-OH is 1. The van der Waals surface area contributed by atoms with Crippen molar-refractivity contribution in [2.45, 2.75) is 20.3 Å². The fourth-order valence-corrected chi connectivity index (χ4v) is 0.531. The van der Waals surface area contributed by atoms with Gasteiger partial charge in [-0.15, -0.1) is 0 Å². The van der Waals surface area contributed by atoms with E-state index in [0.29, 0.717) is 12.3 Å². The lowest BCUT2D eigenvalue weighted by Gasteiger charge is -2.02. The topological polar surface area (TPSA) is 49.3 Å². The van der Waals surface area contributed by atoms with Crippen LogP contribution in [0.2, 0.25) is 0 Å². The van der Waals surface area contributed by atoms with Crippen LogP contribution in [0.5, 0.6) is 0 Å². The fraction of sp³-hybridized carbons (Fsp3) is 0.833. The molecule has 0 bridgehead atoms. The normalized spacial score (nSPS) is 9.78. The van der Waals surface area contributed by atoms with Gasteiger partial charge in [-0.1, -0.05) is 13.8 Å². The summed E-state index contributed by atoms with van der Waals surface area (Å²) in [5, 5.41) is 10.5. The van der Waals surface area contributed by atoms with Crippen LogP contribution >= 0.6 is 0 Å². The third kappa shape index (κ3) is 5.30. The quantitative estimate of drug-likeness (QED) is 0.534. The maximum atomic E-state index is 10.6. The van der Waals surface area contributed by atoms with Gasteiger partial charge in [0.05, 0.1) is 0 Å². The molecule has 0 aliphatic carbocycles. The second-order valence-electron chi connectivity index (χ2n) is 2.36. The van der Waals surface area contributed by atoms with Crippen LogP contribution in [0.4, 0.5) is 0 Å². The zero-order chi connectivity index (χ0) is 7.28. The molecule has 0 fully saturated rings. The fourth-order valence-electron chi connectivity index (χ4n) is 0.531. The lowest BCUT2D eigenvalue weighted by Crippen LogP contribution is -2.24. The molecule has 0 saturated carbocycles. The van der Waals surface area contributed by atoms with E-state index in [4.69, 9.17) is 5.11 Å². The van der Waals surface area contributed by atoms with Crippen molar-refractivity contribution >= 4 is 5.91 Å². The van der Waals surface area contributed by atoms with Crippen molar-refractivity contribution in [2.75, 3.05) is 6.73 Å². The van der Waals surface area contributed by atoms with Gasteiger partial charge in [0.15, 0.2) is 0 Å². The Bertz CT molecular complexity index is 91.1. The summed E-state index contributed by atoms with van der Waals surface area (Å²) in [6, 6.07) is 0. The predicted octanol–water partition coefficient (Wildman–Crippen LogP) is 0.0985. The molecule has 54 valence electrons. The van der Waals surface area contributed by atoms with Crippen molar-refractivity contribution in [1.82, 2.24) is 5.32 Å². The van der Waals surface area contributed by atoms with Gasteiger partial charge in [-0.2, -0.15) is 0 Å². The van der Waals surface area contributed by atoms with Gasteiger partial charge in [0.1, 0.15) is 6.73 Å². The minimum Gasteiger partial charge on any atom is -0.377 e. The first-order valence-corrected chi connectivity index (χ1v) is 3.04. The Balaban J connectivity index is 3.27. The standard InChI is InChI=1S/C6H13NO2/c1-5(2)3-6(9)7-4-8/h5,8H,3-4H2,1-2H3,(H,7,9). The SMILES string of the molecule is CC(C)CC(=O)NCO. The number of hydrogen-bond acceptors (Lipinski definition) is 2. The van der Waals surface area contributed by atoms with Crippen LogP contribution in [0.25, 0.3) is 0 Å². The lowest BCUT2D eigenvalue weighted by molar-refractivity contribution is -0.122. The lowest BCUT2D eigenvalue weighted by atomic mass is 10.1. The first-order chi connectivity index (χ1) is 4.16. The van der Waals surface area contributed by atoms with Crippen LogP contribution in [0.1, 0.15) is 20.3 Å². The van der Waals surface area contributed by atoms with Gasteiger partial charge in [-0.05, 0) is 5.92 Å². The van der Waals surface area contributed by atoms with Crippen molar-refractivity contribution in [3.05, 3.63) is 0 Å². The van der Waals surface area contributed by atoms with E-state index in [1.807, 2.05) is 13.8 Å². The van der Waals surface area contributed by atoms with Crippen LogP contribution in [0.15, 0.2) is 0 Å². The van der Waals surface area contributed by atoms with Crippen molar-refractivity contribution < 1.29 is 9.90 Å². The van der Waals surface area contributed by atoms with Gasteiger partial charge in [0.2, 0.25) is 5.91 Å². The van der Waals surface area contributed by atoms with Gasteiger partial charge in [-0.3, -0.25) is 4.79 Å². The molecule has 3 heteroatoms. The Morgan fingerprint density at radius 2 is 2.22 bits per heavy atom. The van der Waals surface area contributed by atoms with Crippen LogP contribution in [0, 0.1) is 5.92 Å². The summed E-state index contributed by atoms with van der Waals surface area (Å²) in [6.45, 7) is 3.65. The van der Waals surface area contributed by atoms with Crippen molar-refractivity contribution in [1.29, 1.82) is 0 Å². The number of rotatable bonds is 3. The van der Waals surface area contributed by atoms with E-state index < -0.39 is 0 Å². The molecule has 0 aliphatic heterocycles. The molecule has 0 rings (SSSR count). The molecule has 1 amide bonds. The van der Waals surface area contributed by atoms with Crippen LogP contribution in [0.3, 0.4) is 0 Å². The Morgan fingerprint density at radius 3 is 2.56 bits per heavy atom. The first-order valence-electron chi connectivity index (χ1n) is 3.04. The smallest absolute Gasteiger partial charge is 0.222 e. The van der Waals surface area contributed by atoms with E-state index in [0.717, 1.165) is 0 Å². The monoisotopic (exact) mass is 131 g/mol. The molecule has 9 heavy (non-hydrogen) atoms. The number of carbonyl (C=O) groups excluding carboxylic acids is 1. The third-order valence-electron chi connectivity index (χ3n) is 0.870. The molecule has 0 aromatic heterocycles. The molecule has 0 aromatic rings. The van der Waals surface area contributed by atoms with E-state index in [1.165, 1.54) is 0 Å². The summed E-state index contributed by atoms with van der Waals surface area (Å²) < 4.78 is 0. The number of aliphatic hydroxyl groups is 1. The molecule has 0 atom stereocenters. The molecule has 0 heterocycles. The largest absolute Gasteiger partial charge is 0.377 e. The van der Waals surface area contributed by atoms with Crippen molar-refractivity contribution in [3.8, 4) is 0 Å². The van der Waals surface area contributed by atoms with Crippen LogP contribution < -0.4 is 5.32 Å². The highest BCUT2D eigenvalue weighted by Gasteiger charge is 2.01. The molecule has 0 aromatic carbocycles. The summed E-state index contributed by atoms with van der Waals surface area (Å²) in [7, 11) is 0. The summed E-state index contributed by atoms with van der Waals surface area (Å²) in [5.74, 6) is 0.268. The summed E-state index contributed by atoms with van der Waals surface area (Å²) in [5.41, 5.74) is 0. The maximum Gasteiger partial charge on any atom is 0.222 e. The minimum atomic E-state index is -0.258. The summed E-state index contributed by atoms with van der Waals surface area (Å²) in [6.07, 6.45) is 0.487. The average molecular weight is 131 g/mol. The minimum absolute atomic E-state index is 0.0903. The molecule has 3 nitrogen and oxygen atoms in total. The van der Waals surface area contributed by atoms with E-state index in [1.54, 1.807) is 0 Å². The number of carbonyl (C=O) groups is 1.